The Morgan fingerprint density at radius 3 is 2.52 bits per heavy atom. The summed E-state index contributed by atoms with van der Waals surface area (Å²) >= 11 is 0. The first-order chi connectivity index (χ1) is 10.1. The van der Waals surface area contributed by atoms with E-state index < -0.39 is 0 Å². The van der Waals surface area contributed by atoms with Gasteiger partial charge in [0, 0.05) is 12.6 Å². The molecule has 0 amide bonds. The molecule has 0 bridgehead atoms. The number of carbonyl (C=O) groups excluding carboxylic acids is 1. The molecular formula is C18H27NO2. The van der Waals surface area contributed by atoms with Crippen molar-refractivity contribution in [2.45, 2.75) is 52.1 Å². The van der Waals surface area contributed by atoms with Crippen molar-refractivity contribution in [2.24, 2.45) is 5.92 Å². The molecule has 1 aromatic rings. The molecule has 0 heterocycles. The maximum absolute atomic E-state index is 11.5. The van der Waals surface area contributed by atoms with Gasteiger partial charge in [-0.25, -0.2) is 0 Å². The van der Waals surface area contributed by atoms with Gasteiger partial charge >= 0.3 is 5.97 Å². The Kier molecular flexibility index (Phi) is 5.80. The molecule has 0 aliphatic heterocycles. The fourth-order valence-corrected chi connectivity index (χ4v) is 2.59. The molecule has 1 aliphatic carbocycles. The standard InChI is InChI=1S/C18H27NO2/c1-14(2)10-11-19(17-8-9-17)13-16-7-5-4-6-15(16)12-18(20)21-3/h4-7,14,17H,8-13H2,1-3H3. The molecule has 0 spiro atoms. The minimum Gasteiger partial charge on any atom is -0.469 e. The lowest BCUT2D eigenvalue weighted by Gasteiger charge is -2.24. The molecule has 1 aliphatic rings. The van der Waals surface area contributed by atoms with E-state index in [-0.39, 0.29) is 5.97 Å². The Morgan fingerprint density at radius 2 is 1.95 bits per heavy atom. The zero-order valence-electron chi connectivity index (χ0n) is 13.5. The van der Waals surface area contributed by atoms with Gasteiger partial charge < -0.3 is 4.74 Å². The number of methoxy groups -OCH3 is 1. The van der Waals surface area contributed by atoms with Crippen molar-refractivity contribution in [1.82, 2.24) is 4.90 Å². The van der Waals surface area contributed by atoms with Crippen LogP contribution in [0.5, 0.6) is 0 Å². The number of hydrogen-bond acceptors (Lipinski definition) is 3. The van der Waals surface area contributed by atoms with Crippen LogP contribution in [0, 0.1) is 5.92 Å². The van der Waals surface area contributed by atoms with Gasteiger partial charge in [0.15, 0.2) is 0 Å². The zero-order chi connectivity index (χ0) is 15.2. The number of benzene rings is 1. The van der Waals surface area contributed by atoms with Crippen LogP contribution in [0.4, 0.5) is 0 Å². The molecule has 21 heavy (non-hydrogen) atoms. The first-order valence-corrected chi connectivity index (χ1v) is 7.97. The maximum atomic E-state index is 11.5. The summed E-state index contributed by atoms with van der Waals surface area (Å²) in [7, 11) is 1.45. The van der Waals surface area contributed by atoms with E-state index >= 15 is 0 Å². The third-order valence-corrected chi connectivity index (χ3v) is 4.11. The van der Waals surface area contributed by atoms with E-state index in [9.17, 15) is 4.79 Å². The fourth-order valence-electron chi connectivity index (χ4n) is 2.59. The van der Waals surface area contributed by atoms with E-state index in [4.69, 9.17) is 4.74 Å². The van der Waals surface area contributed by atoms with E-state index in [0.717, 1.165) is 30.6 Å². The number of ether oxygens (including phenoxy) is 1. The van der Waals surface area contributed by atoms with Crippen molar-refractivity contribution in [3.8, 4) is 0 Å². The number of esters is 1. The van der Waals surface area contributed by atoms with Crippen LogP contribution in [0.25, 0.3) is 0 Å². The molecule has 3 heteroatoms. The van der Waals surface area contributed by atoms with Crippen LogP contribution >= 0.6 is 0 Å². The Morgan fingerprint density at radius 1 is 1.29 bits per heavy atom. The summed E-state index contributed by atoms with van der Waals surface area (Å²) in [4.78, 5) is 14.1. The minimum absolute atomic E-state index is 0.164. The van der Waals surface area contributed by atoms with Crippen molar-refractivity contribution in [1.29, 1.82) is 0 Å². The van der Waals surface area contributed by atoms with Gasteiger partial charge in [0.25, 0.3) is 0 Å². The summed E-state index contributed by atoms with van der Waals surface area (Å²) in [6.45, 7) is 6.64. The molecule has 116 valence electrons. The molecule has 0 saturated heterocycles. The lowest BCUT2D eigenvalue weighted by Crippen LogP contribution is -2.28. The Balaban J connectivity index is 2.03. The highest BCUT2D eigenvalue weighted by Gasteiger charge is 2.29. The average molecular weight is 289 g/mol. The molecule has 0 aromatic heterocycles. The van der Waals surface area contributed by atoms with Gasteiger partial charge in [0.05, 0.1) is 13.5 Å². The normalized spacial score (nSPS) is 14.7. The second-order valence-electron chi connectivity index (χ2n) is 6.41. The third-order valence-electron chi connectivity index (χ3n) is 4.11. The summed E-state index contributed by atoms with van der Waals surface area (Å²) in [5, 5.41) is 0. The summed E-state index contributed by atoms with van der Waals surface area (Å²) in [6.07, 6.45) is 4.24. The van der Waals surface area contributed by atoms with E-state index in [1.54, 1.807) is 0 Å². The van der Waals surface area contributed by atoms with E-state index in [1.807, 2.05) is 12.1 Å². The van der Waals surface area contributed by atoms with Crippen molar-refractivity contribution in [3.05, 3.63) is 35.4 Å². The second kappa shape index (κ2) is 7.60. The number of hydrogen-bond donors (Lipinski definition) is 0. The predicted octanol–water partition coefficient (Wildman–Crippen LogP) is 3.41. The van der Waals surface area contributed by atoms with Crippen LogP contribution in [-0.2, 0) is 22.5 Å². The van der Waals surface area contributed by atoms with Crippen LogP contribution in [-0.4, -0.2) is 30.6 Å². The number of rotatable bonds is 8. The first kappa shape index (κ1) is 16.0. The van der Waals surface area contributed by atoms with Crippen LogP contribution in [0.15, 0.2) is 24.3 Å². The monoisotopic (exact) mass is 289 g/mol. The highest BCUT2D eigenvalue weighted by molar-refractivity contribution is 5.72. The van der Waals surface area contributed by atoms with Gasteiger partial charge in [0.2, 0.25) is 0 Å². The molecule has 3 nitrogen and oxygen atoms in total. The van der Waals surface area contributed by atoms with Crippen molar-refractivity contribution >= 4 is 5.97 Å². The Hall–Kier alpha value is -1.35. The van der Waals surface area contributed by atoms with Gasteiger partial charge in [-0.15, -0.1) is 0 Å². The number of carbonyl (C=O) groups is 1. The van der Waals surface area contributed by atoms with Crippen molar-refractivity contribution in [2.75, 3.05) is 13.7 Å². The molecule has 0 N–H and O–H groups in total. The topological polar surface area (TPSA) is 29.5 Å². The highest BCUT2D eigenvalue weighted by atomic mass is 16.5. The summed E-state index contributed by atoms with van der Waals surface area (Å²) in [5.41, 5.74) is 2.36. The molecule has 0 radical (unpaired) electrons. The zero-order valence-corrected chi connectivity index (χ0v) is 13.5. The largest absolute Gasteiger partial charge is 0.469 e. The summed E-state index contributed by atoms with van der Waals surface area (Å²) < 4.78 is 4.80. The Bertz CT molecular complexity index is 466. The first-order valence-electron chi connectivity index (χ1n) is 7.97. The molecular weight excluding hydrogens is 262 g/mol. The lowest BCUT2D eigenvalue weighted by atomic mass is 10.0. The smallest absolute Gasteiger partial charge is 0.309 e. The molecule has 1 saturated carbocycles. The summed E-state index contributed by atoms with van der Waals surface area (Å²) in [6, 6.07) is 8.99. The third kappa shape index (κ3) is 5.16. The quantitative estimate of drug-likeness (QED) is 0.687. The van der Waals surface area contributed by atoms with E-state index in [2.05, 4.69) is 30.9 Å². The molecule has 2 rings (SSSR count). The summed E-state index contributed by atoms with van der Waals surface area (Å²) in [5.74, 6) is 0.569. The van der Waals surface area contributed by atoms with Crippen LogP contribution in [0.1, 0.15) is 44.2 Å². The van der Waals surface area contributed by atoms with E-state index in [1.165, 1.54) is 31.9 Å². The van der Waals surface area contributed by atoms with Gasteiger partial charge in [-0.05, 0) is 42.9 Å². The lowest BCUT2D eigenvalue weighted by molar-refractivity contribution is -0.139. The van der Waals surface area contributed by atoms with Crippen LogP contribution < -0.4 is 0 Å². The van der Waals surface area contributed by atoms with Crippen LogP contribution in [0.2, 0.25) is 0 Å². The van der Waals surface area contributed by atoms with E-state index in [0.29, 0.717) is 6.42 Å². The molecule has 0 unspecified atom stereocenters. The molecule has 1 aromatic carbocycles. The van der Waals surface area contributed by atoms with Gasteiger partial charge in [-0.3, -0.25) is 9.69 Å². The highest BCUT2D eigenvalue weighted by Crippen LogP contribution is 2.29. The van der Waals surface area contributed by atoms with Crippen molar-refractivity contribution < 1.29 is 9.53 Å². The van der Waals surface area contributed by atoms with Gasteiger partial charge in [0.1, 0.15) is 0 Å². The number of nitrogens with zero attached hydrogens (tertiary/aromatic N) is 1. The molecule has 0 atom stereocenters. The minimum atomic E-state index is -0.164. The van der Waals surface area contributed by atoms with Crippen LogP contribution in [0.3, 0.4) is 0 Å². The van der Waals surface area contributed by atoms with Gasteiger partial charge in [-0.1, -0.05) is 38.1 Å². The molecule has 1 fully saturated rings. The maximum Gasteiger partial charge on any atom is 0.309 e. The Labute approximate surface area is 128 Å². The van der Waals surface area contributed by atoms with Gasteiger partial charge in [-0.2, -0.15) is 0 Å². The SMILES string of the molecule is COC(=O)Cc1ccccc1CN(CCC(C)C)C1CC1. The predicted molar refractivity (Wildman–Crippen MR) is 85.0 cm³/mol. The van der Waals surface area contributed by atoms with Crippen molar-refractivity contribution in [3.63, 3.8) is 0 Å². The average Bonchev–Trinajstić information content (AvgIpc) is 3.29. The second-order valence-corrected chi connectivity index (χ2v) is 6.41. The fraction of sp³-hybridized carbons (Fsp3) is 0.611.